The smallest absolute Gasteiger partial charge is 0.221 e. The fraction of sp³-hybridized carbons (Fsp3) is 0.909. The first-order valence-corrected chi connectivity index (χ1v) is 5.96. The van der Waals surface area contributed by atoms with Crippen LogP contribution in [-0.4, -0.2) is 43.5 Å². The number of primary amides is 1. The van der Waals surface area contributed by atoms with E-state index in [-0.39, 0.29) is 11.8 Å². The van der Waals surface area contributed by atoms with E-state index in [9.17, 15) is 4.79 Å². The molecular formula is C11H23N3O. The highest BCUT2D eigenvalue weighted by molar-refractivity contribution is 5.76. The van der Waals surface area contributed by atoms with Crippen molar-refractivity contribution in [2.45, 2.75) is 26.2 Å². The molecule has 0 aromatic carbocycles. The number of likely N-dealkylation sites (tertiary alicyclic amines) is 1. The number of amides is 1. The summed E-state index contributed by atoms with van der Waals surface area (Å²) < 4.78 is 0. The second-order valence-corrected chi connectivity index (χ2v) is 4.25. The van der Waals surface area contributed by atoms with Crippen LogP contribution in [0.2, 0.25) is 0 Å². The van der Waals surface area contributed by atoms with Crippen LogP contribution in [0.25, 0.3) is 0 Å². The predicted octanol–water partition coefficient (Wildman–Crippen LogP) is 0.183. The molecule has 1 aliphatic heterocycles. The Balaban J connectivity index is 2.15. The first-order valence-electron chi connectivity index (χ1n) is 5.96. The van der Waals surface area contributed by atoms with Crippen molar-refractivity contribution >= 4 is 5.91 Å². The molecule has 1 unspecified atom stereocenters. The Hall–Kier alpha value is -0.610. The molecule has 1 atom stereocenters. The van der Waals surface area contributed by atoms with Gasteiger partial charge in [0.15, 0.2) is 0 Å². The minimum atomic E-state index is -0.133. The lowest BCUT2D eigenvalue weighted by atomic mass is 9.97. The summed E-state index contributed by atoms with van der Waals surface area (Å²) in [4.78, 5) is 13.4. The van der Waals surface area contributed by atoms with Crippen molar-refractivity contribution in [2.24, 2.45) is 11.7 Å². The van der Waals surface area contributed by atoms with E-state index < -0.39 is 0 Å². The maximum absolute atomic E-state index is 11.1. The lowest BCUT2D eigenvalue weighted by Gasteiger charge is -2.31. The van der Waals surface area contributed by atoms with E-state index in [4.69, 9.17) is 5.73 Å². The van der Waals surface area contributed by atoms with Crippen molar-refractivity contribution in [3.05, 3.63) is 0 Å². The van der Waals surface area contributed by atoms with Gasteiger partial charge in [0.1, 0.15) is 0 Å². The molecule has 88 valence electrons. The topological polar surface area (TPSA) is 58.4 Å². The second-order valence-electron chi connectivity index (χ2n) is 4.25. The SMILES string of the molecule is CCNCCCN1CCCC(C(N)=O)C1. The molecule has 4 heteroatoms. The Bertz CT molecular complexity index is 196. The van der Waals surface area contributed by atoms with E-state index >= 15 is 0 Å². The summed E-state index contributed by atoms with van der Waals surface area (Å²) in [5.74, 6) is -0.0516. The predicted molar refractivity (Wildman–Crippen MR) is 61.5 cm³/mol. The molecule has 1 heterocycles. The monoisotopic (exact) mass is 213 g/mol. The van der Waals surface area contributed by atoms with Crippen LogP contribution in [0.5, 0.6) is 0 Å². The zero-order chi connectivity index (χ0) is 11.1. The molecule has 4 nitrogen and oxygen atoms in total. The molecule has 0 radical (unpaired) electrons. The van der Waals surface area contributed by atoms with Crippen LogP contribution >= 0.6 is 0 Å². The third-order valence-corrected chi connectivity index (χ3v) is 2.99. The van der Waals surface area contributed by atoms with Gasteiger partial charge in [-0.1, -0.05) is 6.92 Å². The van der Waals surface area contributed by atoms with Gasteiger partial charge in [0.2, 0.25) is 5.91 Å². The van der Waals surface area contributed by atoms with Gasteiger partial charge in [-0.15, -0.1) is 0 Å². The molecule has 0 aromatic rings. The van der Waals surface area contributed by atoms with Crippen molar-refractivity contribution in [3.63, 3.8) is 0 Å². The lowest BCUT2D eigenvalue weighted by Crippen LogP contribution is -2.41. The van der Waals surface area contributed by atoms with Gasteiger partial charge in [0.05, 0.1) is 5.92 Å². The third kappa shape index (κ3) is 4.62. The molecule has 0 bridgehead atoms. The molecule has 0 saturated carbocycles. The average molecular weight is 213 g/mol. The summed E-state index contributed by atoms with van der Waals surface area (Å²) in [7, 11) is 0. The Morgan fingerprint density at radius 2 is 2.40 bits per heavy atom. The number of carbonyl (C=O) groups excluding carboxylic acids is 1. The van der Waals surface area contributed by atoms with Crippen LogP contribution in [0.1, 0.15) is 26.2 Å². The molecule has 1 fully saturated rings. The molecule has 3 N–H and O–H groups in total. The number of carbonyl (C=O) groups is 1. The standard InChI is InChI=1S/C11H23N3O/c1-2-13-6-4-8-14-7-3-5-10(9-14)11(12)15/h10,13H,2-9H2,1H3,(H2,12,15). The first-order chi connectivity index (χ1) is 7.24. The van der Waals surface area contributed by atoms with Crippen LogP contribution in [0, 0.1) is 5.92 Å². The van der Waals surface area contributed by atoms with Gasteiger partial charge >= 0.3 is 0 Å². The maximum Gasteiger partial charge on any atom is 0.221 e. The van der Waals surface area contributed by atoms with E-state index in [1.807, 2.05) is 0 Å². The fourth-order valence-electron chi connectivity index (χ4n) is 2.10. The molecular weight excluding hydrogens is 190 g/mol. The second kappa shape index (κ2) is 6.80. The van der Waals surface area contributed by atoms with E-state index in [0.717, 1.165) is 52.0 Å². The van der Waals surface area contributed by atoms with E-state index in [1.54, 1.807) is 0 Å². The molecule has 15 heavy (non-hydrogen) atoms. The van der Waals surface area contributed by atoms with Gasteiger partial charge in [-0.3, -0.25) is 4.79 Å². The van der Waals surface area contributed by atoms with E-state index in [2.05, 4.69) is 17.1 Å². The summed E-state index contributed by atoms with van der Waals surface area (Å²) in [6, 6.07) is 0. The minimum Gasteiger partial charge on any atom is -0.369 e. The summed E-state index contributed by atoms with van der Waals surface area (Å²) in [6.07, 6.45) is 3.23. The molecule has 1 saturated heterocycles. The number of hydrogen-bond donors (Lipinski definition) is 2. The molecule has 1 amide bonds. The Kier molecular flexibility index (Phi) is 5.65. The number of nitrogens with two attached hydrogens (primary N) is 1. The number of hydrogen-bond acceptors (Lipinski definition) is 3. The van der Waals surface area contributed by atoms with Crippen molar-refractivity contribution in [3.8, 4) is 0 Å². The van der Waals surface area contributed by atoms with E-state index in [1.165, 1.54) is 0 Å². The largest absolute Gasteiger partial charge is 0.369 e. The van der Waals surface area contributed by atoms with Crippen molar-refractivity contribution < 1.29 is 4.79 Å². The van der Waals surface area contributed by atoms with Gasteiger partial charge in [-0.2, -0.15) is 0 Å². The van der Waals surface area contributed by atoms with Gasteiger partial charge in [-0.05, 0) is 45.4 Å². The zero-order valence-electron chi connectivity index (χ0n) is 9.67. The highest BCUT2D eigenvalue weighted by Crippen LogP contribution is 2.15. The molecule has 0 spiro atoms. The van der Waals surface area contributed by atoms with Crippen molar-refractivity contribution in [1.82, 2.24) is 10.2 Å². The summed E-state index contributed by atoms with van der Waals surface area (Å²) in [5.41, 5.74) is 5.33. The summed E-state index contributed by atoms with van der Waals surface area (Å²) in [6.45, 7) is 7.27. The van der Waals surface area contributed by atoms with Gasteiger partial charge in [0, 0.05) is 6.54 Å². The maximum atomic E-state index is 11.1. The van der Waals surface area contributed by atoms with Crippen LogP contribution in [0.15, 0.2) is 0 Å². The number of rotatable bonds is 6. The van der Waals surface area contributed by atoms with Crippen LogP contribution < -0.4 is 11.1 Å². The highest BCUT2D eigenvalue weighted by atomic mass is 16.1. The average Bonchev–Trinajstić information content (AvgIpc) is 2.25. The lowest BCUT2D eigenvalue weighted by molar-refractivity contribution is -0.123. The third-order valence-electron chi connectivity index (χ3n) is 2.99. The number of nitrogens with one attached hydrogen (secondary N) is 1. The van der Waals surface area contributed by atoms with Gasteiger partial charge < -0.3 is 16.0 Å². The highest BCUT2D eigenvalue weighted by Gasteiger charge is 2.23. The summed E-state index contributed by atoms with van der Waals surface area (Å²) in [5, 5.41) is 3.30. The molecule has 0 aromatic heterocycles. The van der Waals surface area contributed by atoms with Crippen LogP contribution in [0.3, 0.4) is 0 Å². The first kappa shape index (κ1) is 12.5. The summed E-state index contributed by atoms with van der Waals surface area (Å²) >= 11 is 0. The van der Waals surface area contributed by atoms with Crippen molar-refractivity contribution in [2.75, 3.05) is 32.7 Å². The molecule has 1 rings (SSSR count). The van der Waals surface area contributed by atoms with Crippen LogP contribution in [-0.2, 0) is 4.79 Å². The van der Waals surface area contributed by atoms with E-state index in [0.29, 0.717) is 0 Å². The Labute approximate surface area is 92.2 Å². The number of piperidine rings is 1. The van der Waals surface area contributed by atoms with Crippen molar-refractivity contribution in [1.29, 1.82) is 0 Å². The Morgan fingerprint density at radius 3 is 3.07 bits per heavy atom. The normalized spacial score (nSPS) is 22.9. The quantitative estimate of drug-likeness (QED) is 0.619. The van der Waals surface area contributed by atoms with Gasteiger partial charge in [0.25, 0.3) is 0 Å². The van der Waals surface area contributed by atoms with Crippen LogP contribution in [0.4, 0.5) is 0 Å². The van der Waals surface area contributed by atoms with Gasteiger partial charge in [-0.25, -0.2) is 0 Å². The molecule has 1 aliphatic rings. The fourth-order valence-corrected chi connectivity index (χ4v) is 2.10. The Morgan fingerprint density at radius 1 is 1.60 bits per heavy atom. The minimum absolute atomic E-state index is 0.0814. The zero-order valence-corrected chi connectivity index (χ0v) is 9.67. The number of nitrogens with zero attached hydrogens (tertiary/aromatic N) is 1. The molecule has 0 aliphatic carbocycles.